The lowest BCUT2D eigenvalue weighted by molar-refractivity contribution is -0.145. The third-order valence-electron chi connectivity index (χ3n) is 1.67. The first-order valence-electron chi connectivity index (χ1n) is 3.82. The van der Waals surface area contributed by atoms with Crippen molar-refractivity contribution >= 4 is 0 Å². The van der Waals surface area contributed by atoms with Gasteiger partial charge in [0.2, 0.25) is 0 Å². The van der Waals surface area contributed by atoms with Gasteiger partial charge in [0.1, 0.15) is 0 Å². The van der Waals surface area contributed by atoms with Crippen molar-refractivity contribution in [2.45, 2.75) is 26.9 Å². The van der Waals surface area contributed by atoms with Gasteiger partial charge in [-0.1, -0.05) is 6.92 Å². The van der Waals surface area contributed by atoms with Crippen molar-refractivity contribution in [3.05, 3.63) is 0 Å². The van der Waals surface area contributed by atoms with Crippen molar-refractivity contribution in [2.75, 3.05) is 19.8 Å². The third kappa shape index (κ3) is 1.96. The van der Waals surface area contributed by atoms with Gasteiger partial charge in [-0.15, -0.1) is 0 Å². The maximum Gasteiger partial charge on any atom is 0.0567 e. The highest BCUT2D eigenvalue weighted by atomic mass is 16.5. The fraction of sp³-hybridized carbons (Fsp3) is 1.00. The molecule has 60 valence electrons. The van der Waals surface area contributed by atoms with Crippen LogP contribution >= 0.6 is 0 Å². The summed E-state index contributed by atoms with van der Waals surface area (Å²) in [6.07, 6.45) is 0.345. The van der Waals surface area contributed by atoms with Gasteiger partial charge in [-0.3, -0.25) is 0 Å². The number of hydrogen-bond acceptors (Lipinski definition) is 2. The predicted octanol–water partition coefficient (Wildman–Crippen LogP) is 1.45. The smallest absolute Gasteiger partial charge is 0.0567 e. The van der Waals surface area contributed by atoms with Crippen LogP contribution in [0.2, 0.25) is 0 Å². The molecule has 0 spiro atoms. The summed E-state index contributed by atoms with van der Waals surface area (Å²) in [6, 6.07) is 0. The second-order valence-electron chi connectivity index (χ2n) is 3.66. The zero-order valence-corrected chi connectivity index (χ0v) is 7.02. The molecule has 10 heavy (non-hydrogen) atoms. The second kappa shape index (κ2) is 2.89. The molecule has 2 nitrogen and oxygen atoms in total. The Morgan fingerprint density at radius 2 is 2.10 bits per heavy atom. The van der Waals surface area contributed by atoms with Crippen LogP contribution in [0.1, 0.15) is 20.8 Å². The number of ether oxygens (including phenoxy) is 2. The molecular weight excluding hydrogens is 128 g/mol. The maximum atomic E-state index is 5.47. The first kappa shape index (κ1) is 8.02. The van der Waals surface area contributed by atoms with Crippen molar-refractivity contribution in [3.63, 3.8) is 0 Å². The van der Waals surface area contributed by atoms with E-state index in [-0.39, 0.29) is 0 Å². The quantitative estimate of drug-likeness (QED) is 0.597. The Kier molecular flexibility index (Phi) is 2.32. The monoisotopic (exact) mass is 144 g/mol. The zero-order chi connectivity index (χ0) is 7.61. The van der Waals surface area contributed by atoms with Gasteiger partial charge in [0, 0.05) is 5.41 Å². The molecule has 0 aromatic heterocycles. The van der Waals surface area contributed by atoms with Crippen LogP contribution in [-0.4, -0.2) is 25.9 Å². The lowest BCUT2D eigenvalue weighted by atomic mass is 9.90. The molecule has 0 aromatic carbocycles. The van der Waals surface area contributed by atoms with Gasteiger partial charge in [-0.2, -0.15) is 0 Å². The Morgan fingerprint density at radius 1 is 1.50 bits per heavy atom. The van der Waals surface area contributed by atoms with E-state index >= 15 is 0 Å². The number of rotatable bonds is 3. The van der Waals surface area contributed by atoms with Crippen molar-refractivity contribution in [3.8, 4) is 0 Å². The average molecular weight is 144 g/mol. The Labute approximate surface area is 62.5 Å². The van der Waals surface area contributed by atoms with Crippen molar-refractivity contribution < 1.29 is 9.47 Å². The molecule has 0 aromatic rings. The largest absolute Gasteiger partial charge is 0.380 e. The van der Waals surface area contributed by atoms with Crippen molar-refractivity contribution in [2.24, 2.45) is 5.41 Å². The lowest BCUT2D eigenvalue weighted by Gasteiger charge is -2.38. The normalized spacial score (nSPS) is 22.8. The highest BCUT2D eigenvalue weighted by molar-refractivity contribution is 4.80. The van der Waals surface area contributed by atoms with Crippen LogP contribution < -0.4 is 0 Å². The van der Waals surface area contributed by atoms with E-state index in [4.69, 9.17) is 9.47 Å². The van der Waals surface area contributed by atoms with Crippen LogP contribution in [0.25, 0.3) is 0 Å². The summed E-state index contributed by atoms with van der Waals surface area (Å²) >= 11 is 0. The zero-order valence-electron chi connectivity index (χ0n) is 7.02. The molecule has 0 saturated carbocycles. The first-order chi connectivity index (χ1) is 4.62. The molecule has 1 aliphatic heterocycles. The summed E-state index contributed by atoms with van der Waals surface area (Å²) in [4.78, 5) is 0. The SMILES string of the molecule is CC(C)OCC1(C)COC1. The molecule has 0 bridgehead atoms. The van der Waals surface area contributed by atoms with E-state index in [1.54, 1.807) is 0 Å². The molecule has 1 heterocycles. The van der Waals surface area contributed by atoms with Crippen LogP contribution in [-0.2, 0) is 9.47 Å². The molecule has 1 rings (SSSR count). The van der Waals surface area contributed by atoms with E-state index in [9.17, 15) is 0 Å². The van der Waals surface area contributed by atoms with E-state index in [1.165, 1.54) is 0 Å². The van der Waals surface area contributed by atoms with E-state index in [2.05, 4.69) is 20.8 Å². The van der Waals surface area contributed by atoms with Crippen LogP contribution in [0.15, 0.2) is 0 Å². The topological polar surface area (TPSA) is 18.5 Å². The molecule has 0 aliphatic carbocycles. The highest BCUT2D eigenvalue weighted by Gasteiger charge is 2.33. The Balaban J connectivity index is 2.12. The summed E-state index contributed by atoms with van der Waals surface area (Å²) in [6.45, 7) is 8.87. The predicted molar refractivity (Wildman–Crippen MR) is 40.0 cm³/mol. The van der Waals surface area contributed by atoms with E-state index in [0.717, 1.165) is 19.8 Å². The fourth-order valence-corrected chi connectivity index (χ4v) is 0.902. The van der Waals surface area contributed by atoms with Gasteiger partial charge >= 0.3 is 0 Å². The van der Waals surface area contributed by atoms with E-state index in [0.29, 0.717) is 11.5 Å². The van der Waals surface area contributed by atoms with Gasteiger partial charge in [-0.05, 0) is 13.8 Å². The Hall–Kier alpha value is -0.0800. The molecule has 1 saturated heterocycles. The second-order valence-corrected chi connectivity index (χ2v) is 3.66. The summed E-state index contributed by atoms with van der Waals surface area (Å²) in [7, 11) is 0. The average Bonchev–Trinajstić information content (AvgIpc) is 1.79. The van der Waals surface area contributed by atoms with Gasteiger partial charge < -0.3 is 9.47 Å². The lowest BCUT2D eigenvalue weighted by Crippen LogP contribution is -2.44. The van der Waals surface area contributed by atoms with Crippen molar-refractivity contribution in [1.82, 2.24) is 0 Å². The minimum atomic E-state index is 0.310. The minimum absolute atomic E-state index is 0.310. The molecule has 1 aliphatic rings. The van der Waals surface area contributed by atoms with Gasteiger partial charge in [0.25, 0.3) is 0 Å². The van der Waals surface area contributed by atoms with E-state index in [1.807, 2.05) is 0 Å². The van der Waals surface area contributed by atoms with Crippen LogP contribution in [0, 0.1) is 5.41 Å². The maximum absolute atomic E-state index is 5.47. The highest BCUT2D eigenvalue weighted by Crippen LogP contribution is 2.26. The summed E-state index contributed by atoms with van der Waals surface area (Å²) < 4.78 is 10.6. The minimum Gasteiger partial charge on any atom is -0.380 e. The van der Waals surface area contributed by atoms with Gasteiger partial charge in [0.05, 0.1) is 25.9 Å². The van der Waals surface area contributed by atoms with Crippen LogP contribution in [0.5, 0.6) is 0 Å². The Morgan fingerprint density at radius 3 is 2.40 bits per heavy atom. The molecule has 0 unspecified atom stereocenters. The first-order valence-corrected chi connectivity index (χ1v) is 3.82. The van der Waals surface area contributed by atoms with Crippen LogP contribution in [0.3, 0.4) is 0 Å². The molecule has 0 N–H and O–H groups in total. The fourth-order valence-electron chi connectivity index (χ4n) is 0.902. The Bertz CT molecular complexity index is 106. The number of hydrogen-bond donors (Lipinski definition) is 0. The third-order valence-corrected chi connectivity index (χ3v) is 1.67. The summed E-state index contributed by atoms with van der Waals surface area (Å²) in [5, 5.41) is 0. The van der Waals surface area contributed by atoms with Gasteiger partial charge in [0.15, 0.2) is 0 Å². The molecule has 1 fully saturated rings. The van der Waals surface area contributed by atoms with Crippen LogP contribution in [0.4, 0.5) is 0 Å². The summed E-state index contributed by atoms with van der Waals surface area (Å²) in [5.41, 5.74) is 0.310. The molecular formula is C8H16O2. The van der Waals surface area contributed by atoms with Crippen molar-refractivity contribution in [1.29, 1.82) is 0 Å². The molecule has 2 heteroatoms. The molecule has 0 amide bonds. The standard InChI is InChI=1S/C8H16O2/c1-7(2)10-6-8(3)4-9-5-8/h7H,4-6H2,1-3H3. The van der Waals surface area contributed by atoms with E-state index < -0.39 is 0 Å². The summed E-state index contributed by atoms with van der Waals surface area (Å²) in [5.74, 6) is 0. The van der Waals surface area contributed by atoms with Gasteiger partial charge in [-0.25, -0.2) is 0 Å². The molecule has 0 atom stereocenters. The molecule has 0 radical (unpaired) electrons.